The summed E-state index contributed by atoms with van der Waals surface area (Å²) in [4.78, 5) is 14.4. The summed E-state index contributed by atoms with van der Waals surface area (Å²) in [6.07, 6.45) is -0.114. The second kappa shape index (κ2) is 5.99. The minimum atomic E-state index is -0.597. The number of halogens is 1. The Morgan fingerprint density at radius 2 is 2.09 bits per heavy atom. The number of aliphatic hydroxyl groups is 1. The van der Waals surface area contributed by atoms with Gasteiger partial charge in [0, 0.05) is 12.1 Å². The summed E-state index contributed by atoms with van der Waals surface area (Å²) in [6.45, 7) is 0.449. The summed E-state index contributed by atoms with van der Waals surface area (Å²) in [6, 6.07) is 12.3. The average Bonchev–Trinajstić information content (AvgIpc) is 2.55. The monoisotopic (exact) mass is 317 g/mol. The van der Waals surface area contributed by atoms with Crippen LogP contribution in [0.1, 0.15) is 28.4 Å². The van der Waals surface area contributed by atoms with Crippen molar-refractivity contribution in [2.24, 2.45) is 0 Å². The number of carbonyl (C=O) groups is 1. The normalized spacial score (nSPS) is 17.0. The van der Waals surface area contributed by atoms with Crippen LogP contribution in [0.25, 0.3) is 0 Å². The molecule has 22 heavy (non-hydrogen) atoms. The fourth-order valence-electron chi connectivity index (χ4n) is 2.69. The van der Waals surface area contributed by atoms with Crippen LogP contribution in [0.5, 0.6) is 5.75 Å². The van der Waals surface area contributed by atoms with Crippen LogP contribution in [0.2, 0.25) is 5.02 Å². The topological polar surface area (TPSA) is 49.8 Å². The van der Waals surface area contributed by atoms with Crippen LogP contribution in [-0.4, -0.2) is 24.7 Å². The van der Waals surface area contributed by atoms with Gasteiger partial charge in [0.05, 0.1) is 29.5 Å². The lowest BCUT2D eigenvalue weighted by Gasteiger charge is -2.32. The van der Waals surface area contributed by atoms with Gasteiger partial charge in [-0.3, -0.25) is 4.79 Å². The van der Waals surface area contributed by atoms with E-state index in [1.54, 1.807) is 54.5 Å². The Morgan fingerprint density at radius 3 is 2.82 bits per heavy atom. The van der Waals surface area contributed by atoms with Gasteiger partial charge in [0.1, 0.15) is 5.75 Å². The maximum atomic E-state index is 12.8. The second-order valence-electron chi connectivity index (χ2n) is 5.17. The molecule has 0 fully saturated rings. The van der Waals surface area contributed by atoms with E-state index in [4.69, 9.17) is 16.3 Å². The van der Waals surface area contributed by atoms with E-state index >= 15 is 0 Å². The number of hydrogen-bond acceptors (Lipinski definition) is 3. The number of fused-ring (bicyclic) bond motifs is 1. The number of anilines is 1. The maximum absolute atomic E-state index is 12.8. The van der Waals surface area contributed by atoms with E-state index in [9.17, 15) is 9.90 Å². The molecule has 114 valence electrons. The van der Waals surface area contributed by atoms with Crippen molar-refractivity contribution in [3.05, 3.63) is 58.6 Å². The van der Waals surface area contributed by atoms with Crippen molar-refractivity contribution >= 4 is 23.2 Å². The molecule has 1 N–H and O–H groups in total. The molecule has 1 heterocycles. The van der Waals surface area contributed by atoms with Crippen LogP contribution < -0.4 is 9.64 Å². The number of nitrogens with zero attached hydrogens (tertiary/aromatic N) is 1. The van der Waals surface area contributed by atoms with Gasteiger partial charge >= 0.3 is 0 Å². The first-order valence-electron chi connectivity index (χ1n) is 7.04. The number of amides is 1. The second-order valence-corrected chi connectivity index (χ2v) is 5.57. The molecular weight excluding hydrogens is 302 g/mol. The van der Waals surface area contributed by atoms with Crippen molar-refractivity contribution in [3.63, 3.8) is 0 Å². The maximum Gasteiger partial charge on any atom is 0.259 e. The molecular formula is C17H16ClNO3. The van der Waals surface area contributed by atoms with Crippen molar-refractivity contribution in [2.45, 2.75) is 12.5 Å². The van der Waals surface area contributed by atoms with Crippen molar-refractivity contribution in [1.29, 1.82) is 0 Å². The molecule has 5 heteroatoms. The fourth-order valence-corrected chi connectivity index (χ4v) is 2.91. The molecule has 1 amide bonds. The zero-order valence-electron chi connectivity index (χ0n) is 12.1. The number of rotatable bonds is 2. The lowest BCUT2D eigenvalue weighted by atomic mass is 9.97. The van der Waals surface area contributed by atoms with Crippen LogP contribution in [0.15, 0.2) is 42.5 Å². The van der Waals surface area contributed by atoms with Crippen LogP contribution >= 0.6 is 11.6 Å². The molecule has 2 aromatic carbocycles. The highest BCUT2D eigenvalue weighted by Crippen LogP contribution is 2.37. The third-order valence-electron chi connectivity index (χ3n) is 3.86. The van der Waals surface area contributed by atoms with Crippen molar-refractivity contribution in [3.8, 4) is 5.75 Å². The van der Waals surface area contributed by atoms with E-state index in [0.717, 1.165) is 0 Å². The first-order chi connectivity index (χ1) is 10.6. The van der Waals surface area contributed by atoms with Gasteiger partial charge in [-0.25, -0.2) is 0 Å². The lowest BCUT2D eigenvalue weighted by molar-refractivity contribution is 0.0970. The number of hydrogen-bond donors (Lipinski definition) is 1. The number of aliphatic hydroxyl groups excluding tert-OH is 1. The van der Waals surface area contributed by atoms with Crippen LogP contribution in [-0.2, 0) is 0 Å². The van der Waals surface area contributed by atoms with Crippen LogP contribution in [0, 0.1) is 0 Å². The number of ether oxygens (including phenoxy) is 1. The fraction of sp³-hybridized carbons (Fsp3) is 0.235. The first kappa shape index (κ1) is 14.9. The summed E-state index contributed by atoms with van der Waals surface area (Å²) >= 11 is 6.12. The average molecular weight is 318 g/mol. The van der Waals surface area contributed by atoms with Gasteiger partial charge in [-0.2, -0.15) is 0 Å². The first-order valence-corrected chi connectivity index (χ1v) is 7.42. The summed E-state index contributed by atoms with van der Waals surface area (Å²) in [5.41, 5.74) is 1.86. The zero-order valence-corrected chi connectivity index (χ0v) is 12.9. The molecule has 3 rings (SSSR count). The van der Waals surface area contributed by atoms with Gasteiger partial charge in [0.25, 0.3) is 5.91 Å². The highest BCUT2D eigenvalue weighted by molar-refractivity contribution is 6.34. The largest absolute Gasteiger partial charge is 0.497 e. The van der Waals surface area contributed by atoms with Gasteiger partial charge in [0.15, 0.2) is 0 Å². The van der Waals surface area contributed by atoms with Gasteiger partial charge in [-0.1, -0.05) is 23.7 Å². The van der Waals surface area contributed by atoms with E-state index < -0.39 is 6.10 Å². The summed E-state index contributed by atoms with van der Waals surface area (Å²) in [5, 5.41) is 10.6. The van der Waals surface area contributed by atoms with E-state index in [1.165, 1.54) is 0 Å². The highest BCUT2D eigenvalue weighted by atomic mass is 35.5. The van der Waals surface area contributed by atoms with Crippen LogP contribution in [0.4, 0.5) is 5.69 Å². The molecule has 1 aliphatic rings. The number of methoxy groups -OCH3 is 1. The summed E-state index contributed by atoms with van der Waals surface area (Å²) in [7, 11) is 1.57. The molecule has 0 saturated carbocycles. The highest BCUT2D eigenvalue weighted by Gasteiger charge is 2.29. The third-order valence-corrected chi connectivity index (χ3v) is 4.19. The van der Waals surface area contributed by atoms with Crippen LogP contribution in [0.3, 0.4) is 0 Å². The molecule has 1 unspecified atom stereocenters. The Morgan fingerprint density at radius 1 is 1.32 bits per heavy atom. The Bertz CT molecular complexity index is 717. The molecule has 0 aromatic heterocycles. The zero-order chi connectivity index (χ0) is 15.7. The molecule has 2 aromatic rings. The third kappa shape index (κ3) is 2.56. The summed E-state index contributed by atoms with van der Waals surface area (Å²) < 4.78 is 5.19. The quantitative estimate of drug-likeness (QED) is 0.923. The predicted octanol–water partition coefficient (Wildman–Crippen LogP) is 3.43. The molecule has 0 radical (unpaired) electrons. The molecule has 1 aliphatic heterocycles. The standard InChI is InChI=1S/C17H16ClNO3/c1-22-11-6-7-15-13(10-11)16(20)8-9-19(15)17(21)12-4-2-3-5-14(12)18/h2-7,10,16,20H,8-9H2,1H3. The minimum absolute atomic E-state index is 0.163. The molecule has 0 saturated heterocycles. The van der Waals surface area contributed by atoms with Crippen molar-refractivity contribution < 1.29 is 14.6 Å². The number of benzene rings is 2. The Labute approximate surface area is 133 Å². The molecule has 0 spiro atoms. The minimum Gasteiger partial charge on any atom is -0.497 e. The SMILES string of the molecule is COc1ccc2c(c1)C(O)CCN2C(=O)c1ccccc1Cl. The molecule has 1 atom stereocenters. The molecule has 0 bridgehead atoms. The van der Waals surface area contributed by atoms with Gasteiger partial charge in [-0.05, 0) is 36.8 Å². The van der Waals surface area contributed by atoms with E-state index in [-0.39, 0.29) is 5.91 Å². The number of carbonyl (C=O) groups excluding carboxylic acids is 1. The van der Waals surface area contributed by atoms with Crippen molar-refractivity contribution in [1.82, 2.24) is 0 Å². The molecule has 0 aliphatic carbocycles. The van der Waals surface area contributed by atoms with E-state index in [2.05, 4.69) is 0 Å². The predicted molar refractivity (Wildman–Crippen MR) is 85.7 cm³/mol. The van der Waals surface area contributed by atoms with Crippen molar-refractivity contribution in [2.75, 3.05) is 18.6 Å². The van der Waals surface area contributed by atoms with Gasteiger partial charge in [0.2, 0.25) is 0 Å². The molecule has 4 nitrogen and oxygen atoms in total. The van der Waals surface area contributed by atoms with E-state index in [1.807, 2.05) is 0 Å². The smallest absolute Gasteiger partial charge is 0.259 e. The Kier molecular flexibility index (Phi) is 4.05. The lowest BCUT2D eigenvalue weighted by Crippen LogP contribution is -2.36. The van der Waals surface area contributed by atoms with E-state index in [0.29, 0.717) is 40.6 Å². The Hall–Kier alpha value is -2.04. The Balaban J connectivity index is 2.02. The van der Waals surface area contributed by atoms with Gasteiger partial charge in [-0.15, -0.1) is 0 Å². The van der Waals surface area contributed by atoms with Gasteiger partial charge < -0.3 is 14.7 Å². The summed E-state index contributed by atoms with van der Waals surface area (Å²) in [5.74, 6) is 0.494.